The number of nitrogen functional groups attached to an aromatic ring is 1. The Labute approximate surface area is 118 Å². The van der Waals surface area contributed by atoms with Crippen molar-refractivity contribution in [3.63, 3.8) is 0 Å². The molecule has 2 aromatic rings. The lowest BCUT2D eigenvalue weighted by molar-refractivity contribution is 0.624. The van der Waals surface area contributed by atoms with Crippen LogP contribution in [0.15, 0.2) is 35.2 Å². The fraction of sp³-hybridized carbons (Fsp3) is 0.0833. The fourth-order valence-corrected chi connectivity index (χ4v) is 2.70. The van der Waals surface area contributed by atoms with Gasteiger partial charge in [0.2, 0.25) is 0 Å². The predicted octanol–water partition coefficient (Wildman–Crippen LogP) is 4.40. The maximum absolute atomic E-state index is 13.1. The maximum atomic E-state index is 13.1. The van der Waals surface area contributed by atoms with Crippen LogP contribution < -0.4 is 5.73 Å². The fourth-order valence-electron chi connectivity index (χ4n) is 1.34. The zero-order valence-corrected chi connectivity index (χ0v) is 11.5. The third kappa shape index (κ3) is 3.28. The smallest absolute Gasteiger partial charge is 0.129 e. The molecule has 0 aliphatic heterocycles. The molecule has 1 heterocycles. The third-order valence-electron chi connectivity index (χ3n) is 2.22. The van der Waals surface area contributed by atoms with Crippen molar-refractivity contribution in [3.8, 4) is 0 Å². The first-order chi connectivity index (χ1) is 8.56. The summed E-state index contributed by atoms with van der Waals surface area (Å²) in [7, 11) is 0. The van der Waals surface area contributed by atoms with Crippen molar-refractivity contribution in [2.45, 2.75) is 10.6 Å². The molecule has 2 N–H and O–H groups in total. The van der Waals surface area contributed by atoms with Crippen molar-refractivity contribution in [2.75, 3.05) is 5.73 Å². The van der Waals surface area contributed by atoms with E-state index >= 15 is 0 Å². The molecule has 0 aliphatic rings. The van der Waals surface area contributed by atoms with E-state index in [2.05, 4.69) is 4.98 Å². The van der Waals surface area contributed by atoms with E-state index in [4.69, 9.17) is 28.9 Å². The summed E-state index contributed by atoms with van der Waals surface area (Å²) in [5.74, 6) is 0.157. The number of thioether (sulfide) groups is 1. The summed E-state index contributed by atoms with van der Waals surface area (Å²) in [6.45, 7) is 0. The lowest BCUT2D eigenvalue weighted by Gasteiger charge is -2.06. The number of nitrogens with zero attached hydrogens (tertiary/aromatic N) is 1. The Morgan fingerprint density at radius 3 is 2.78 bits per heavy atom. The van der Waals surface area contributed by atoms with Gasteiger partial charge in [-0.15, -0.1) is 11.8 Å². The van der Waals surface area contributed by atoms with Crippen LogP contribution in [0.25, 0.3) is 0 Å². The highest BCUT2D eigenvalue weighted by Crippen LogP contribution is 2.30. The molecule has 0 unspecified atom stereocenters. The molecule has 0 radical (unpaired) electrons. The van der Waals surface area contributed by atoms with E-state index in [0.29, 0.717) is 32.2 Å². The van der Waals surface area contributed by atoms with Crippen molar-refractivity contribution < 1.29 is 4.39 Å². The van der Waals surface area contributed by atoms with E-state index in [1.807, 2.05) is 0 Å². The summed E-state index contributed by atoms with van der Waals surface area (Å²) in [5, 5.41) is 0.907. The average molecular weight is 303 g/mol. The van der Waals surface area contributed by atoms with Crippen LogP contribution in [0, 0.1) is 5.82 Å². The summed E-state index contributed by atoms with van der Waals surface area (Å²) >= 11 is 13.2. The van der Waals surface area contributed by atoms with E-state index in [1.165, 1.54) is 30.0 Å². The van der Waals surface area contributed by atoms with Crippen molar-refractivity contribution in [3.05, 3.63) is 52.0 Å². The van der Waals surface area contributed by atoms with Crippen molar-refractivity contribution >= 4 is 40.7 Å². The third-order valence-corrected chi connectivity index (χ3v) is 3.86. The number of halogens is 3. The number of benzene rings is 1. The van der Waals surface area contributed by atoms with Gasteiger partial charge in [-0.1, -0.05) is 23.2 Å². The summed E-state index contributed by atoms with van der Waals surface area (Å²) < 4.78 is 13.1. The molecule has 18 heavy (non-hydrogen) atoms. The van der Waals surface area contributed by atoms with Crippen molar-refractivity contribution in [1.82, 2.24) is 4.98 Å². The van der Waals surface area contributed by atoms with E-state index in [9.17, 15) is 4.39 Å². The van der Waals surface area contributed by atoms with Crippen molar-refractivity contribution in [2.24, 2.45) is 0 Å². The SMILES string of the molecule is Nc1ccc(F)cc1SCc1nc(Cl)ccc1Cl. The first-order valence-corrected chi connectivity index (χ1v) is 6.79. The van der Waals surface area contributed by atoms with Crippen LogP contribution in [0.3, 0.4) is 0 Å². The van der Waals surface area contributed by atoms with Gasteiger partial charge in [0.05, 0.1) is 10.7 Å². The Kier molecular flexibility index (Phi) is 4.32. The molecule has 0 saturated carbocycles. The molecule has 1 aromatic carbocycles. The van der Waals surface area contributed by atoms with Gasteiger partial charge in [0.25, 0.3) is 0 Å². The van der Waals surface area contributed by atoms with Crippen LogP contribution >= 0.6 is 35.0 Å². The van der Waals surface area contributed by atoms with Gasteiger partial charge in [-0.25, -0.2) is 9.37 Å². The number of rotatable bonds is 3. The number of hydrogen-bond donors (Lipinski definition) is 1. The molecule has 0 fully saturated rings. The van der Waals surface area contributed by atoms with Gasteiger partial charge in [0, 0.05) is 16.3 Å². The first kappa shape index (κ1) is 13.5. The van der Waals surface area contributed by atoms with Gasteiger partial charge in [-0.2, -0.15) is 0 Å². The number of nitrogens with two attached hydrogens (primary N) is 1. The summed E-state index contributed by atoms with van der Waals surface area (Å²) in [6.07, 6.45) is 0. The Hall–Kier alpha value is -0.970. The van der Waals surface area contributed by atoms with Crippen LogP contribution in [-0.4, -0.2) is 4.98 Å². The molecule has 2 rings (SSSR count). The highest BCUT2D eigenvalue weighted by molar-refractivity contribution is 7.98. The number of anilines is 1. The molecular weight excluding hydrogens is 294 g/mol. The highest BCUT2D eigenvalue weighted by atomic mass is 35.5. The van der Waals surface area contributed by atoms with Gasteiger partial charge in [0.1, 0.15) is 11.0 Å². The molecule has 94 valence electrons. The molecular formula is C12H9Cl2FN2S. The molecule has 1 aromatic heterocycles. The molecule has 2 nitrogen and oxygen atoms in total. The first-order valence-electron chi connectivity index (χ1n) is 5.05. The molecule has 0 atom stereocenters. The molecule has 0 spiro atoms. The van der Waals surface area contributed by atoms with E-state index in [-0.39, 0.29) is 5.82 Å². The van der Waals surface area contributed by atoms with E-state index < -0.39 is 0 Å². The molecule has 0 bridgehead atoms. The van der Waals surface area contributed by atoms with Crippen LogP contribution in [-0.2, 0) is 5.75 Å². The monoisotopic (exact) mass is 302 g/mol. The topological polar surface area (TPSA) is 38.9 Å². The van der Waals surface area contributed by atoms with Gasteiger partial charge < -0.3 is 5.73 Å². The molecule has 0 saturated heterocycles. The quantitative estimate of drug-likeness (QED) is 0.519. The number of pyridine rings is 1. The zero-order chi connectivity index (χ0) is 13.1. The Bertz CT molecular complexity index is 526. The minimum atomic E-state index is -0.322. The second-order valence-electron chi connectivity index (χ2n) is 3.53. The minimum Gasteiger partial charge on any atom is -0.398 e. The Morgan fingerprint density at radius 1 is 1.22 bits per heavy atom. The largest absolute Gasteiger partial charge is 0.398 e. The van der Waals surface area contributed by atoms with E-state index in [0.717, 1.165) is 0 Å². The van der Waals surface area contributed by atoms with Gasteiger partial charge in [0.15, 0.2) is 0 Å². The number of hydrogen-bond acceptors (Lipinski definition) is 3. The van der Waals surface area contributed by atoms with E-state index in [1.54, 1.807) is 12.1 Å². The minimum absolute atomic E-state index is 0.322. The second-order valence-corrected chi connectivity index (χ2v) is 5.34. The Balaban J connectivity index is 2.16. The average Bonchev–Trinajstić information content (AvgIpc) is 2.34. The highest BCUT2D eigenvalue weighted by Gasteiger charge is 2.07. The van der Waals surface area contributed by atoms with Crippen molar-refractivity contribution in [1.29, 1.82) is 0 Å². The zero-order valence-electron chi connectivity index (χ0n) is 9.16. The van der Waals surface area contributed by atoms with Crippen LogP contribution in [0.1, 0.15) is 5.69 Å². The van der Waals surface area contributed by atoms with Crippen LogP contribution in [0.5, 0.6) is 0 Å². The van der Waals surface area contributed by atoms with Gasteiger partial charge in [-0.3, -0.25) is 0 Å². The maximum Gasteiger partial charge on any atom is 0.129 e. The Morgan fingerprint density at radius 2 is 2.00 bits per heavy atom. The lowest BCUT2D eigenvalue weighted by atomic mass is 10.3. The second kappa shape index (κ2) is 5.78. The standard InChI is InChI=1S/C12H9Cl2FN2S/c13-8-2-4-12(14)17-10(8)6-18-11-5-7(15)1-3-9(11)16/h1-5H,6,16H2. The van der Waals surface area contributed by atoms with Crippen LogP contribution in [0.2, 0.25) is 10.2 Å². The molecule has 0 amide bonds. The van der Waals surface area contributed by atoms with Crippen LogP contribution in [0.4, 0.5) is 10.1 Å². The summed E-state index contributed by atoms with van der Waals surface area (Å²) in [4.78, 5) is 4.78. The summed E-state index contributed by atoms with van der Waals surface area (Å²) in [5.41, 5.74) is 6.93. The predicted molar refractivity (Wildman–Crippen MR) is 74.6 cm³/mol. The number of aromatic nitrogens is 1. The summed E-state index contributed by atoms with van der Waals surface area (Å²) in [6, 6.07) is 7.55. The molecule has 6 heteroatoms. The van der Waals surface area contributed by atoms with Gasteiger partial charge >= 0.3 is 0 Å². The molecule has 0 aliphatic carbocycles. The lowest BCUT2D eigenvalue weighted by Crippen LogP contribution is -1.92. The normalized spacial score (nSPS) is 10.6. The van der Waals surface area contributed by atoms with Gasteiger partial charge in [-0.05, 0) is 30.3 Å².